The van der Waals surface area contributed by atoms with Crippen molar-refractivity contribution in [3.8, 4) is 0 Å². The van der Waals surface area contributed by atoms with E-state index in [1.807, 2.05) is 0 Å². The average Bonchev–Trinajstić information content (AvgIpc) is 2.38. The molecule has 0 aromatic heterocycles. The summed E-state index contributed by atoms with van der Waals surface area (Å²) in [5, 5.41) is 0. The Balaban J connectivity index is 2.36. The standard InChI is InChI=1S/C14H25N3O2S/c1-12(2)17(3)11-5-4-10-16-20(18,19)14-8-6-13(15)7-9-14/h6-9,12,16H,4-5,10-11,15H2,1-3H3. The van der Waals surface area contributed by atoms with Gasteiger partial charge in [-0.3, -0.25) is 0 Å². The molecule has 20 heavy (non-hydrogen) atoms. The number of nitrogens with zero attached hydrogens (tertiary/aromatic N) is 1. The summed E-state index contributed by atoms with van der Waals surface area (Å²) in [5.41, 5.74) is 6.10. The largest absolute Gasteiger partial charge is 0.399 e. The molecule has 0 spiro atoms. The van der Waals surface area contributed by atoms with Crippen molar-refractivity contribution < 1.29 is 8.42 Å². The van der Waals surface area contributed by atoms with Gasteiger partial charge in [0.05, 0.1) is 4.90 Å². The SMILES string of the molecule is CC(C)N(C)CCCCNS(=O)(=O)c1ccc(N)cc1. The average molecular weight is 299 g/mol. The van der Waals surface area contributed by atoms with Gasteiger partial charge in [0.25, 0.3) is 0 Å². The Morgan fingerprint density at radius 2 is 1.80 bits per heavy atom. The predicted molar refractivity (Wildman–Crippen MR) is 83.0 cm³/mol. The van der Waals surface area contributed by atoms with Gasteiger partial charge in [-0.05, 0) is 64.5 Å². The summed E-state index contributed by atoms with van der Waals surface area (Å²) in [6, 6.07) is 6.73. The second-order valence-electron chi connectivity index (χ2n) is 5.25. The number of unbranched alkanes of at least 4 members (excludes halogenated alkanes) is 1. The third kappa shape index (κ3) is 5.48. The molecule has 0 atom stereocenters. The molecular weight excluding hydrogens is 274 g/mol. The summed E-state index contributed by atoms with van der Waals surface area (Å²) in [7, 11) is -1.34. The molecule has 0 heterocycles. The van der Waals surface area contributed by atoms with Crippen LogP contribution in [0.3, 0.4) is 0 Å². The van der Waals surface area contributed by atoms with Crippen LogP contribution in [0.1, 0.15) is 26.7 Å². The first-order valence-electron chi connectivity index (χ1n) is 6.88. The summed E-state index contributed by atoms with van der Waals surface area (Å²) in [4.78, 5) is 2.50. The fourth-order valence-corrected chi connectivity index (χ4v) is 2.76. The van der Waals surface area contributed by atoms with Crippen LogP contribution >= 0.6 is 0 Å². The van der Waals surface area contributed by atoms with Crippen LogP contribution in [-0.2, 0) is 10.0 Å². The molecule has 1 rings (SSSR count). The number of anilines is 1. The summed E-state index contributed by atoms with van der Waals surface area (Å²) in [5.74, 6) is 0. The molecule has 0 unspecified atom stereocenters. The molecule has 114 valence electrons. The first-order chi connectivity index (χ1) is 9.33. The van der Waals surface area contributed by atoms with E-state index in [0.717, 1.165) is 19.4 Å². The van der Waals surface area contributed by atoms with E-state index in [9.17, 15) is 8.42 Å². The zero-order chi connectivity index (χ0) is 15.2. The van der Waals surface area contributed by atoms with E-state index >= 15 is 0 Å². The lowest BCUT2D eigenvalue weighted by atomic mass is 10.2. The fourth-order valence-electron chi connectivity index (χ4n) is 1.68. The zero-order valence-electron chi connectivity index (χ0n) is 12.5. The van der Waals surface area contributed by atoms with Crippen LogP contribution < -0.4 is 10.5 Å². The van der Waals surface area contributed by atoms with Crippen LogP contribution in [0.25, 0.3) is 0 Å². The highest BCUT2D eigenvalue weighted by molar-refractivity contribution is 7.89. The minimum atomic E-state index is -3.41. The lowest BCUT2D eigenvalue weighted by molar-refractivity contribution is 0.268. The summed E-state index contributed by atoms with van der Waals surface area (Å²) >= 11 is 0. The smallest absolute Gasteiger partial charge is 0.240 e. The molecule has 0 aliphatic rings. The first kappa shape index (κ1) is 16.9. The van der Waals surface area contributed by atoms with Crippen molar-refractivity contribution in [3.63, 3.8) is 0 Å². The Bertz CT molecular complexity index is 498. The van der Waals surface area contributed by atoms with E-state index < -0.39 is 10.0 Å². The van der Waals surface area contributed by atoms with Crippen LogP contribution in [0.5, 0.6) is 0 Å². The molecule has 6 heteroatoms. The van der Waals surface area contributed by atoms with Crippen molar-refractivity contribution in [1.82, 2.24) is 9.62 Å². The Kier molecular flexibility index (Phi) is 6.45. The van der Waals surface area contributed by atoms with Gasteiger partial charge in [-0.1, -0.05) is 0 Å². The molecule has 0 bridgehead atoms. The topological polar surface area (TPSA) is 75.4 Å². The molecule has 3 N–H and O–H groups in total. The second-order valence-corrected chi connectivity index (χ2v) is 7.02. The molecule has 0 aliphatic carbocycles. The minimum absolute atomic E-state index is 0.256. The van der Waals surface area contributed by atoms with Gasteiger partial charge in [0.2, 0.25) is 10.0 Å². The van der Waals surface area contributed by atoms with Crippen molar-refractivity contribution in [2.24, 2.45) is 0 Å². The number of sulfonamides is 1. The number of nitrogens with one attached hydrogen (secondary N) is 1. The van der Waals surface area contributed by atoms with Crippen molar-refractivity contribution in [2.45, 2.75) is 37.6 Å². The number of rotatable bonds is 8. The Morgan fingerprint density at radius 1 is 1.20 bits per heavy atom. The van der Waals surface area contributed by atoms with Crippen LogP contribution in [0, 0.1) is 0 Å². The van der Waals surface area contributed by atoms with Crippen LogP contribution in [0.15, 0.2) is 29.2 Å². The van der Waals surface area contributed by atoms with E-state index in [1.165, 1.54) is 12.1 Å². The van der Waals surface area contributed by atoms with E-state index in [2.05, 4.69) is 30.5 Å². The molecule has 0 saturated heterocycles. The molecule has 1 aromatic carbocycles. The Morgan fingerprint density at radius 3 is 2.35 bits per heavy atom. The quantitative estimate of drug-likeness (QED) is 0.565. The van der Waals surface area contributed by atoms with E-state index in [1.54, 1.807) is 12.1 Å². The van der Waals surface area contributed by atoms with Crippen molar-refractivity contribution in [2.75, 3.05) is 25.9 Å². The van der Waals surface area contributed by atoms with Gasteiger partial charge >= 0.3 is 0 Å². The first-order valence-corrected chi connectivity index (χ1v) is 8.36. The van der Waals surface area contributed by atoms with Gasteiger partial charge < -0.3 is 10.6 Å². The fraction of sp³-hybridized carbons (Fsp3) is 0.571. The summed E-state index contributed by atoms with van der Waals surface area (Å²) in [6.45, 7) is 5.72. The van der Waals surface area contributed by atoms with Gasteiger partial charge in [0.15, 0.2) is 0 Å². The Labute approximate surface area is 122 Å². The number of hydrogen-bond acceptors (Lipinski definition) is 4. The Hall–Kier alpha value is -1.11. The monoisotopic (exact) mass is 299 g/mol. The van der Waals surface area contributed by atoms with Crippen molar-refractivity contribution in [3.05, 3.63) is 24.3 Å². The normalized spacial score (nSPS) is 12.2. The van der Waals surface area contributed by atoms with E-state index in [-0.39, 0.29) is 4.90 Å². The molecule has 0 radical (unpaired) electrons. The highest BCUT2D eigenvalue weighted by atomic mass is 32.2. The molecule has 0 fully saturated rings. The number of benzene rings is 1. The minimum Gasteiger partial charge on any atom is -0.399 e. The maximum Gasteiger partial charge on any atom is 0.240 e. The maximum atomic E-state index is 12.0. The van der Waals surface area contributed by atoms with Gasteiger partial charge in [-0.15, -0.1) is 0 Å². The second kappa shape index (κ2) is 7.61. The third-order valence-corrected chi connectivity index (χ3v) is 4.78. The lowest BCUT2D eigenvalue weighted by Crippen LogP contribution is -2.29. The molecule has 0 amide bonds. The van der Waals surface area contributed by atoms with Crippen LogP contribution in [-0.4, -0.2) is 39.5 Å². The van der Waals surface area contributed by atoms with Crippen LogP contribution in [0.4, 0.5) is 5.69 Å². The zero-order valence-corrected chi connectivity index (χ0v) is 13.3. The number of nitrogens with two attached hydrogens (primary N) is 1. The van der Waals surface area contributed by atoms with Crippen molar-refractivity contribution in [1.29, 1.82) is 0 Å². The van der Waals surface area contributed by atoms with Gasteiger partial charge in [-0.25, -0.2) is 13.1 Å². The van der Waals surface area contributed by atoms with Crippen LogP contribution in [0.2, 0.25) is 0 Å². The molecular formula is C14H25N3O2S. The molecule has 0 saturated carbocycles. The third-order valence-electron chi connectivity index (χ3n) is 3.30. The van der Waals surface area contributed by atoms with Gasteiger partial charge in [0, 0.05) is 18.3 Å². The van der Waals surface area contributed by atoms with E-state index in [4.69, 9.17) is 5.73 Å². The number of nitrogen functional groups attached to an aromatic ring is 1. The predicted octanol–water partition coefficient (Wildman–Crippen LogP) is 1.67. The molecule has 0 aliphatic heterocycles. The summed E-state index contributed by atoms with van der Waals surface area (Å²) in [6.07, 6.45) is 1.80. The number of hydrogen-bond donors (Lipinski definition) is 2. The molecule has 5 nitrogen and oxygen atoms in total. The molecule has 1 aromatic rings. The highest BCUT2D eigenvalue weighted by Crippen LogP contribution is 2.11. The van der Waals surface area contributed by atoms with Gasteiger partial charge in [0.1, 0.15) is 0 Å². The van der Waals surface area contributed by atoms with Gasteiger partial charge in [-0.2, -0.15) is 0 Å². The summed E-state index contributed by atoms with van der Waals surface area (Å²) < 4.78 is 26.6. The van der Waals surface area contributed by atoms with Crippen molar-refractivity contribution >= 4 is 15.7 Å². The lowest BCUT2D eigenvalue weighted by Gasteiger charge is -2.20. The maximum absolute atomic E-state index is 12.0. The highest BCUT2D eigenvalue weighted by Gasteiger charge is 2.12. The van der Waals surface area contributed by atoms with E-state index in [0.29, 0.717) is 18.3 Å².